The molecule has 2 amide bonds. The smallest absolute Gasteiger partial charge is 0.227 e. The Morgan fingerprint density at radius 3 is 2.51 bits per heavy atom. The van der Waals surface area contributed by atoms with Gasteiger partial charge in [-0.3, -0.25) is 9.59 Å². The first-order valence-corrected chi connectivity index (χ1v) is 13.6. The van der Waals surface area contributed by atoms with Gasteiger partial charge in [0.15, 0.2) is 0 Å². The summed E-state index contributed by atoms with van der Waals surface area (Å²) in [4.78, 5) is 37.6. The minimum Gasteiger partial charge on any atom is -0.337 e. The number of hydrogen-bond donors (Lipinski definition) is 0. The second-order valence-corrected chi connectivity index (χ2v) is 10.8. The molecule has 0 unspecified atom stereocenters. The Kier molecular flexibility index (Phi) is 8.87. The van der Waals surface area contributed by atoms with Crippen LogP contribution in [0.4, 0.5) is 5.69 Å². The highest BCUT2D eigenvalue weighted by Crippen LogP contribution is 2.26. The van der Waals surface area contributed by atoms with Crippen LogP contribution in [0.25, 0.3) is 11.0 Å². The van der Waals surface area contributed by atoms with Gasteiger partial charge in [0.05, 0.1) is 16.1 Å². The lowest BCUT2D eigenvalue weighted by molar-refractivity contribution is -0.132. The summed E-state index contributed by atoms with van der Waals surface area (Å²) >= 11 is 6.39. The van der Waals surface area contributed by atoms with Gasteiger partial charge in [0.25, 0.3) is 0 Å². The lowest BCUT2D eigenvalue weighted by atomic mass is 10.1. The maximum Gasteiger partial charge on any atom is 0.227 e. The molecule has 0 saturated carbocycles. The molecule has 0 fully saturated rings. The predicted molar refractivity (Wildman–Crippen MR) is 150 cm³/mol. The number of likely N-dealkylation sites (N-methyl/N-ethyl adjacent to an activating group) is 1. The van der Waals surface area contributed by atoms with Crippen molar-refractivity contribution in [2.24, 2.45) is 13.0 Å². The van der Waals surface area contributed by atoms with Crippen LogP contribution < -0.4 is 4.90 Å². The average molecular weight is 524 g/mol. The number of carbonyl (C=O) groups excluding carboxylic acids is 2. The average Bonchev–Trinajstić information content (AvgIpc) is 3.17. The number of rotatable bonds is 5. The van der Waals surface area contributed by atoms with Gasteiger partial charge in [0, 0.05) is 58.2 Å². The third kappa shape index (κ3) is 6.51. The van der Waals surface area contributed by atoms with Crippen molar-refractivity contribution in [1.82, 2.24) is 19.4 Å². The van der Waals surface area contributed by atoms with E-state index >= 15 is 0 Å². The highest BCUT2D eigenvalue weighted by molar-refractivity contribution is 6.35. The SMILES string of the molecule is CC(C)CC(=O)N1CCCN(C)CCN(C(=O)CCc2nc3cccc(Cl)c3n2C)Cc2ccccc21. The lowest BCUT2D eigenvalue weighted by Gasteiger charge is -2.28. The summed E-state index contributed by atoms with van der Waals surface area (Å²) in [5, 5.41) is 0.661. The molecule has 1 aliphatic heterocycles. The third-order valence-corrected chi connectivity index (χ3v) is 7.36. The van der Waals surface area contributed by atoms with Crippen LogP contribution in [0.1, 0.15) is 44.5 Å². The number of halogens is 1. The molecule has 0 spiro atoms. The van der Waals surface area contributed by atoms with Crippen molar-refractivity contribution >= 4 is 40.1 Å². The zero-order valence-corrected chi connectivity index (χ0v) is 23.2. The first-order valence-electron chi connectivity index (χ1n) is 13.2. The van der Waals surface area contributed by atoms with Gasteiger partial charge >= 0.3 is 0 Å². The summed E-state index contributed by atoms with van der Waals surface area (Å²) in [7, 11) is 4.03. The monoisotopic (exact) mass is 523 g/mol. The molecule has 198 valence electrons. The van der Waals surface area contributed by atoms with E-state index in [4.69, 9.17) is 16.6 Å². The predicted octanol–water partition coefficient (Wildman–Crippen LogP) is 4.90. The van der Waals surface area contributed by atoms with Crippen LogP contribution in [0.3, 0.4) is 0 Å². The zero-order valence-electron chi connectivity index (χ0n) is 22.4. The largest absolute Gasteiger partial charge is 0.337 e. The number of amides is 2. The number of hydrogen-bond acceptors (Lipinski definition) is 4. The molecule has 0 bridgehead atoms. The first-order chi connectivity index (χ1) is 17.7. The number of carbonyl (C=O) groups is 2. The van der Waals surface area contributed by atoms with Crippen molar-refractivity contribution in [2.75, 3.05) is 38.1 Å². The summed E-state index contributed by atoms with van der Waals surface area (Å²) in [6, 6.07) is 13.7. The van der Waals surface area contributed by atoms with Gasteiger partial charge < -0.3 is 19.3 Å². The van der Waals surface area contributed by atoms with Crippen LogP contribution in [0.5, 0.6) is 0 Å². The van der Waals surface area contributed by atoms with Crippen molar-refractivity contribution in [1.29, 1.82) is 0 Å². The Labute approximate surface area is 225 Å². The van der Waals surface area contributed by atoms with Crippen molar-refractivity contribution in [3.8, 4) is 0 Å². The molecule has 37 heavy (non-hydrogen) atoms. The summed E-state index contributed by atoms with van der Waals surface area (Å²) < 4.78 is 1.99. The molecule has 4 rings (SSSR count). The molecule has 0 N–H and O–H groups in total. The van der Waals surface area contributed by atoms with Crippen molar-refractivity contribution < 1.29 is 9.59 Å². The fourth-order valence-electron chi connectivity index (χ4n) is 5.02. The fraction of sp³-hybridized carbons (Fsp3) is 0.483. The second-order valence-electron chi connectivity index (χ2n) is 10.4. The van der Waals surface area contributed by atoms with E-state index in [-0.39, 0.29) is 17.7 Å². The highest BCUT2D eigenvalue weighted by atomic mass is 35.5. The molecule has 3 aromatic rings. The maximum atomic E-state index is 13.6. The quantitative estimate of drug-likeness (QED) is 0.477. The van der Waals surface area contributed by atoms with Crippen molar-refractivity contribution in [3.05, 3.63) is 58.9 Å². The normalized spacial score (nSPS) is 15.6. The van der Waals surface area contributed by atoms with Gasteiger partial charge in [0.2, 0.25) is 11.8 Å². The summed E-state index contributed by atoms with van der Waals surface area (Å²) in [5.74, 6) is 1.36. The third-order valence-electron chi connectivity index (χ3n) is 7.05. The van der Waals surface area contributed by atoms with Crippen LogP contribution in [0.2, 0.25) is 5.02 Å². The standard InChI is InChI=1S/C29H38ClN5O2/c1-21(2)19-28(37)35-16-8-15-32(3)17-18-34(20-22-9-5-6-12-25(22)35)27(36)14-13-26-31-24-11-7-10-23(30)29(24)33(26)4/h5-7,9-12,21H,8,13-20H2,1-4H3. The zero-order chi connectivity index (χ0) is 26.5. The Bertz CT molecular complexity index is 1250. The lowest BCUT2D eigenvalue weighted by Crippen LogP contribution is -2.37. The van der Waals surface area contributed by atoms with Crippen LogP contribution in [0, 0.1) is 5.92 Å². The van der Waals surface area contributed by atoms with E-state index in [0.717, 1.165) is 47.6 Å². The van der Waals surface area contributed by atoms with Crippen molar-refractivity contribution in [3.63, 3.8) is 0 Å². The molecule has 0 saturated heterocycles. The Morgan fingerprint density at radius 2 is 1.76 bits per heavy atom. The van der Waals surface area contributed by atoms with Crippen LogP contribution >= 0.6 is 11.6 Å². The van der Waals surface area contributed by atoms with E-state index in [9.17, 15) is 9.59 Å². The molecule has 0 atom stereocenters. The minimum absolute atomic E-state index is 0.0839. The minimum atomic E-state index is 0.0839. The number of para-hydroxylation sites is 2. The van der Waals surface area contributed by atoms with E-state index < -0.39 is 0 Å². The molecule has 2 aromatic carbocycles. The van der Waals surface area contributed by atoms with E-state index in [1.54, 1.807) is 0 Å². The van der Waals surface area contributed by atoms with Gasteiger partial charge in [-0.25, -0.2) is 4.98 Å². The second kappa shape index (κ2) is 12.1. The number of benzene rings is 2. The summed E-state index contributed by atoms with van der Waals surface area (Å²) in [6.07, 6.45) is 2.29. The highest BCUT2D eigenvalue weighted by Gasteiger charge is 2.24. The van der Waals surface area contributed by atoms with E-state index in [0.29, 0.717) is 43.9 Å². The molecule has 0 aliphatic carbocycles. The number of anilines is 1. The van der Waals surface area contributed by atoms with E-state index in [1.807, 2.05) is 63.9 Å². The molecular weight excluding hydrogens is 486 g/mol. The number of fused-ring (bicyclic) bond motifs is 2. The van der Waals surface area contributed by atoms with Crippen LogP contribution in [-0.2, 0) is 29.6 Å². The number of aryl methyl sites for hydroxylation is 2. The molecule has 1 aliphatic rings. The summed E-state index contributed by atoms with van der Waals surface area (Å²) in [6.45, 7) is 7.59. The fourth-order valence-corrected chi connectivity index (χ4v) is 5.31. The molecule has 0 radical (unpaired) electrons. The molecular formula is C29H38ClN5O2. The van der Waals surface area contributed by atoms with Gasteiger partial charge in [-0.1, -0.05) is 49.7 Å². The van der Waals surface area contributed by atoms with E-state index in [1.165, 1.54) is 0 Å². The maximum absolute atomic E-state index is 13.6. The van der Waals surface area contributed by atoms with E-state index in [2.05, 4.69) is 25.8 Å². The molecule has 7 nitrogen and oxygen atoms in total. The van der Waals surface area contributed by atoms with Gasteiger partial charge in [-0.15, -0.1) is 0 Å². The Balaban J connectivity index is 1.56. The number of imidazole rings is 1. The van der Waals surface area contributed by atoms with Crippen LogP contribution in [-0.4, -0.2) is 64.4 Å². The van der Waals surface area contributed by atoms with Gasteiger partial charge in [-0.05, 0) is 49.7 Å². The molecule has 1 aromatic heterocycles. The molecule has 2 heterocycles. The van der Waals surface area contributed by atoms with Gasteiger partial charge in [0.1, 0.15) is 5.82 Å². The van der Waals surface area contributed by atoms with Crippen molar-refractivity contribution in [2.45, 2.75) is 46.1 Å². The Morgan fingerprint density at radius 1 is 0.973 bits per heavy atom. The topological polar surface area (TPSA) is 61.7 Å². The van der Waals surface area contributed by atoms with Gasteiger partial charge in [-0.2, -0.15) is 0 Å². The van der Waals surface area contributed by atoms with Crippen LogP contribution in [0.15, 0.2) is 42.5 Å². The summed E-state index contributed by atoms with van der Waals surface area (Å²) in [5.41, 5.74) is 3.66. The Hall–Kier alpha value is -2.90. The number of nitrogens with zero attached hydrogens (tertiary/aromatic N) is 5. The molecule has 8 heteroatoms. The number of aromatic nitrogens is 2. The first kappa shape index (κ1) is 27.1.